The fraction of sp³-hybridized carbons (Fsp3) is 0.462. The molecule has 0 aliphatic heterocycles. The molecule has 7 nitrogen and oxygen atoms in total. The summed E-state index contributed by atoms with van der Waals surface area (Å²) in [6, 6.07) is 1.66. The van der Waals surface area contributed by atoms with Crippen molar-refractivity contribution in [1.29, 1.82) is 0 Å². The van der Waals surface area contributed by atoms with Gasteiger partial charge in [0, 0.05) is 6.07 Å². The zero-order chi connectivity index (χ0) is 15.6. The van der Waals surface area contributed by atoms with Crippen molar-refractivity contribution in [3.63, 3.8) is 0 Å². The molecule has 2 aromatic rings. The quantitative estimate of drug-likeness (QED) is 0.935. The summed E-state index contributed by atoms with van der Waals surface area (Å²) in [5.74, 6) is 0. The molecule has 0 saturated carbocycles. The number of rotatable bonds is 4. The molecule has 2 aromatic heterocycles. The number of ether oxygens (including phenoxy) is 2. The van der Waals surface area contributed by atoms with Gasteiger partial charge in [0.25, 0.3) is 0 Å². The van der Waals surface area contributed by atoms with Gasteiger partial charge < -0.3 is 15.2 Å². The zero-order valence-electron chi connectivity index (χ0n) is 12.0. The monoisotopic (exact) mass is 312 g/mol. The highest BCUT2D eigenvalue weighted by molar-refractivity contribution is 6.30. The van der Waals surface area contributed by atoms with Gasteiger partial charge >= 0.3 is 6.09 Å². The number of fused-ring (bicyclic) bond motifs is 1. The van der Waals surface area contributed by atoms with Gasteiger partial charge in [-0.15, -0.1) is 0 Å². The van der Waals surface area contributed by atoms with Crippen molar-refractivity contribution in [2.75, 3.05) is 6.61 Å². The number of amides is 1. The van der Waals surface area contributed by atoms with Crippen LogP contribution in [0.25, 0.3) is 5.65 Å². The van der Waals surface area contributed by atoms with Gasteiger partial charge in [0.1, 0.15) is 5.69 Å². The molecule has 21 heavy (non-hydrogen) atoms. The third kappa shape index (κ3) is 4.30. The van der Waals surface area contributed by atoms with Gasteiger partial charge in [-0.1, -0.05) is 11.6 Å². The van der Waals surface area contributed by atoms with Crippen LogP contribution in [0, 0.1) is 0 Å². The third-order valence-corrected chi connectivity index (χ3v) is 2.77. The molecule has 2 N–H and O–H groups in total. The van der Waals surface area contributed by atoms with Crippen LogP contribution in [0.5, 0.6) is 0 Å². The van der Waals surface area contributed by atoms with E-state index in [1.165, 1.54) is 10.7 Å². The van der Waals surface area contributed by atoms with Crippen LogP contribution in [0.3, 0.4) is 0 Å². The van der Waals surface area contributed by atoms with E-state index in [0.29, 0.717) is 16.4 Å². The Morgan fingerprint density at radius 2 is 2.24 bits per heavy atom. The molecule has 2 heterocycles. The number of hydrogen-bond donors (Lipinski definition) is 1. The molecular weight excluding hydrogens is 296 g/mol. The number of imidazole rings is 1. The van der Waals surface area contributed by atoms with Crippen LogP contribution >= 0.6 is 11.6 Å². The number of aromatic nitrogens is 3. The molecule has 114 valence electrons. The van der Waals surface area contributed by atoms with Crippen LogP contribution in [0.4, 0.5) is 4.79 Å². The topological polar surface area (TPSA) is 91.7 Å². The van der Waals surface area contributed by atoms with Crippen molar-refractivity contribution >= 4 is 23.3 Å². The summed E-state index contributed by atoms with van der Waals surface area (Å²) in [4.78, 5) is 15.4. The van der Waals surface area contributed by atoms with Gasteiger partial charge in [-0.25, -0.2) is 14.3 Å². The number of carbonyl (C=O) groups is 1. The molecule has 0 aromatic carbocycles. The molecule has 1 atom stereocenters. The fourth-order valence-electron chi connectivity index (χ4n) is 1.67. The molecule has 0 radical (unpaired) electrons. The molecule has 1 amide bonds. The highest BCUT2D eigenvalue weighted by Gasteiger charge is 2.22. The minimum absolute atomic E-state index is 0.143. The summed E-state index contributed by atoms with van der Waals surface area (Å²) in [5, 5.41) is 4.55. The summed E-state index contributed by atoms with van der Waals surface area (Å²) in [6.45, 7) is 5.85. The van der Waals surface area contributed by atoms with E-state index in [4.69, 9.17) is 26.8 Å². The first kappa shape index (κ1) is 15.5. The Hall–Kier alpha value is -1.86. The number of nitrogens with two attached hydrogens (primary N) is 1. The average Bonchev–Trinajstić information content (AvgIpc) is 2.75. The Morgan fingerprint density at radius 3 is 2.86 bits per heavy atom. The lowest BCUT2D eigenvalue weighted by atomic mass is 10.2. The number of halogens is 1. The lowest BCUT2D eigenvalue weighted by Gasteiger charge is -2.23. The molecule has 0 bridgehead atoms. The summed E-state index contributed by atoms with van der Waals surface area (Å²) < 4.78 is 12.2. The summed E-state index contributed by atoms with van der Waals surface area (Å²) in [5.41, 5.74) is 5.77. The standard InChI is InChI=1S/C13H17ClN4O3/c1-13(2,3)20-7-10(21-12(15)19)9-6-18-11(17-9)4-8(14)5-16-18/h4-6,10H,7H2,1-3H3,(H2,15,19)/t10-/m0/s1. The number of hydrogen-bond acceptors (Lipinski definition) is 5. The lowest BCUT2D eigenvalue weighted by molar-refractivity contribution is -0.0534. The Morgan fingerprint density at radius 1 is 1.52 bits per heavy atom. The maximum absolute atomic E-state index is 11.0. The van der Waals surface area contributed by atoms with Gasteiger partial charge in [-0.05, 0) is 20.8 Å². The van der Waals surface area contributed by atoms with Gasteiger partial charge in [0.2, 0.25) is 0 Å². The largest absolute Gasteiger partial charge is 0.437 e. The number of carbonyl (C=O) groups excluding carboxylic acids is 1. The highest BCUT2D eigenvalue weighted by Crippen LogP contribution is 2.21. The van der Waals surface area contributed by atoms with E-state index in [-0.39, 0.29) is 12.2 Å². The van der Waals surface area contributed by atoms with Gasteiger partial charge in [0.15, 0.2) is 11.8 Å². The number of primary amides is 1. The van der Waals surface area contributed by atoms with E-state index >= 15 is 0 Å². The van der Waals surface area contributed by atoms with Crippen LogP contribution < -0.4 is 5.73 Å². The van der Waals surface area contributed by atoms with Crippen molar-refractivity contribution in [1.82, 2.24) is 14.6 Å². The molecule has 8 heteroatoms. The lowest BCUT2D eigenvalue weighted by Crippen LogP contribution is -2.26. The van der Waals surface area contributed by atoms with Crippen molar-refractivity contribution in [3.8, 4) is 0 Å². The van der Waals surface area contributed by atoms with Crippen molar-refractivity contribution in [3.05, 3.63) is 29.2 Å². The van der Waals surface area contributed by atoms with Crippen LogP contribution in [-0.4, -0.2) is 32.9 Å². The maximum Gasteiger partial charge on any atom is 0.405 e. The fourth-order valence-corrected chi connectivity index (χ4v) is 1.81. The van der Waals surface area contributed by atoms with E-state index in [9.17, 15) is 4.79 Å². The molecular formula is C13H17ClN4O3. The molecule has 0 unspecified atom stereocenters. The average molecular weight is 313 g/mol. The van der Waals surface area contributed by atoms with Crippen LogP contribution in [-0.2, 0) is 9.47 Å². The third-order valence-electron chi connectivity index (χ3n) is 2.56. The first-order valence-corrected chi connectivity index (χ1v) is 6.73. The number of nitrogens with zero attached hydrogens (tertiary/aromatic N) is 3. The van der Waals surface area contributed by atoms with Crippen LogP contribution in [0.15, 0.2) is 18.5 Å². The normalized spacial score (nSPS) is 13.3. The van der Waals surface area contributed by atoms with Crippen LogP contribution in [0.1, 0.15) is 32.6 Å². The van der Waals surface area contributed by atoms with Crippen LogP contribution in [0.2, 0.25) is 5.02 Å². The van der Waals surface area contributed by atoms with E-state index < -0.39 is 12.2 Å². The second kappa shape index (κ2) is 5.87. The van der Waals surface area contributed by atoms with E-state index in [0.717, 1.165) is 0 Å². The Balaban J connectivity index is 2.26. The Labute approximate surface area is 127 Å². The first-order chi connectivity index (χ1) is 9.74. The second-order valence-corrected chi connectivity index (χ2v) is 5.93. The Kier molecular flexibility index (Phi) is 4.34. The first-order valence-electron chi connectivity index (χ1n) is 6.35. The van der Waals surface area contributed by atoms with Crippen molar-refractivity contribution in [2.45, 2.75) is 32.5 Å². The molecule has 0 spiro atoms. The zero-order valence-corrected chi connectivity index (χ0v) is 12.8. The molecule has 0 aliphatic rings. The van der Waals surface area contributed by atoms with E-state index in [2.05, 4.69) is 10.1 Å². The minimum Gasteiger partial charge on any atom is -0.437 e. The maximum atomic E-state index is 11.0. The van der Waals surface area contributed by atoms with Gasteiger partial charge in [-0.3, -0.25) is 0 Å². The molecule has 0 fully saturated rings. The van der Waals surface area contributed by atoms with E-state index in [1.807, 2.05) is 20.8 Å². The van der Waals surface area contributed by atoms with Crippen molar-refractivity contribution < 1.29 is 14.3 Å². The highest BCUT2D eigenvalue weighted by atomic mass is 35.5. The predicted octanol–water partition coefficient (Wildman–Crippen LogP) is 2.33. The van der Waals surface area contributed by atoms with Gasteiger partial charge in [0.05, 0.1) is 29.6 Å². The Bertz CT molecular complexity index is 650. The summed E-state index contributed by atoms with van der Waals surface area (Å²) >= 11 is 5.87. The van der Waals surface area contributed by atoms with Crippen molar-refractivity contribution in [2.24, 2.45) is 5.73 Å². The SMILES string of the molecule is CC(C)(C)OC[C@H](OC(N)=O)c1cn2ncc(Cl)cc2n1. The second-order valence-electron chi connectivity index (χ2n) is 5.49. The molecule has 0 saturated heterocycles. The minimum atomic E-state index is -0.888. The molecule has 0 aliphatic carbocycles. The summed E-state index contributed by atoms with van der Waals surface area (Å²) in [7, 11) is 0. The molecule has 2 rings (SSSR count). The van der Waals surface area contributed by atoms with Gasteiger partial charge in [-0.2, -0.15) is 5.10 Å². The summed E-state index contributed by atoms with van der Waals surface area (Å²) in [6.07, 6.45) is 1.55. The van der Waals surface area contributed by atoms with E-state index in [1.54, 1.807) is 12.3 Å². The predicted molar refractivity (Wildman–Crippen MR) is 77.1 cm³/mol. The smallest absolute Gasteiger partial charge is 0.405 e.